The quantitative estimate of drug-likeness (QED) is 0.628. The molecule has 3 heterocycles. The van der Waals surface area contributed by atoms with Gasteiger partial charge in [-0.1, -0.05) is 0 Å². The van der Waals surface area contributed by atoms with E-state index in [1.165, 1.54) is 0 Å². The number of carbonyl (C=O) groups is 3. The largest absolute Gasteiger partial charge is 0.352 e. The third kappa shape index (κ3) is 2.78. The van der Waals surface area contributed by atoms with Gasteiger partial charge in [0.15, 0.2) is 5.69 Å². The van der Waals surface area contributed by atoms with E-state index in [4.69, 9.17) is 5.73 Å². The number of amides is 3. The first-order valence-electron chi connectivity index (χ1n) is 8.67. The SMILES string of the molecule is NCC(=O)NC1CC12CCN(C(=O)c1cc3n(n1)CCNC3=O)CC2. The summed E-state index contributed by atoms with van der Waals surface area (Å²) >= 11 is 0. The van der Waals surface area contributed by atoms with Crippen LogP contribution in [0.4, 0.5) is 0 Å². The minimum atomic E-state index is -0.188. The summed E-state index contributed by atoms with van der Waals surface area (Å²) in [6.07, 6.45) is 2.68. The number of nitrogens with two attached hydrogens (primary N) is 1. The molecule has 3 aliphatic rings. The van der Waals surface area contributed by atoms with Gasteiger partial charge in [-0.25, -0.2) is 0 Å². The average molecular weight is 346 g/mol. The number of nitrogens with zero attached hydrogens (tertiary/aromatic N) is 3. The van der Waals surface area contributed by atoms with Gasteiger partial charge in [-0.2, -0.15) is 5.10 Å². The Morgan fingerprint density at radius 1 is 1.36 bits per heavy atom. The van der Waals surface area contributed by atoms with Gasteiger partial charge in [-0.05, 0) is 24.7 Å². The lowest BCUT2D eigenvalue weighted by Crippen LogP contribution is -2.42. The summed E-state index contributed by atoms with van der Waals surface area (Å²) in [4.78, 5) is 37.7. The van der Waals surface area contributed by atoms with E-state index in [2.05, 4.69) is 15.7 Å². The Labute approximate surface area is 144 Å². The summed E-state index contributed by atoms with van der Waals surface area (Å²) in [5.74, 6) is -0.443. The first kappa shape index (κ1) is 16.1. The number of aromatic nitrogens is 2. The van der Waals surface area contributed by atoms with Crippen molar-refractivity contribution >= 4 is 17.7 Å². The Morgan fingerprint density at radius 2 is 2.12 bits per heavy atom. The van der Waals surface area contributed by atoms with Crippen molar-refractivity contribution in [2.75, 3.05) is 26.2 Å². The highest BCUT2D eigenvalue weighted by Crippen LogP contribution is 2.53. The maximum Gasteiger partial charge on any atom is 0.274 e. The molecule has 1 unspecified atom stereocenters. The lowest BCUT2D eigenvalue weighted by molar-refractivity contribution is -0.120. The van der Waals surface area contributed by atoms with Crippen LogP contribution in [-0.4, -0.2) is 64.6 Å². The third-order valence-corrected chi connectivity index (χ3v) is 5.60. The number of likely N-dealkylation sites (tertiary alicyclic amines) is 1. The number of carbonyl (C=O) groups excluding carboxylic acids is 3. The van der Waals surface area contributed by atoms with Crippen LogP contribution in [0.15, 0.2) is 6.07 Å². The smallest absolute Gasteiger partial charge is 0.274 e. The maximum absolute atomic E-state index is 12.7. The highest BCUT2D eigenvalue weighted by Gasteiger charge is 2.55. The van der Waals surface area contributed by atoms with Crippen molar-refractivity contribution in [2.45, 2.75) is 31.8 Å². The molecule has 1 aromatic rings. The van der Waals surface area contributed by atoms with Crippen LogP contribution in [0.25, 0.3) is 0 Å². The minimum absolute atomic E-state index is 0.00968. The molecule has 0 aromatic carbocycles. The predicted molar refractivity (Wildman–Crippen MR) is 87.7 cm³/mol. The zero-order chi connectivity index (χ0) is 17.6. The molecule has 134 valence electrons. The molecule has 9 heteroatoms. The zero-order valence-corrected chi connectivity index (χ0v) is 14.0. The molecule has 0 bridgehead atoms. The van der Waals surface area contributed by atoms with Gasteiger partial charge in [0.25, 0.3) is 11.8 Å². The Hall–Kier alpha value is -2.42. The zero-order valence-electron chi connectivity index (χ0n) is 14.0. The number of hydrogen-bond acceptors (Lipinski definition) is 5. The van der Waals surface area contributed by atoms with Crippen molar-refractivity contribution in [2.24, 2.45) is 11.1 Å². The molecular formula is C16H22N6O3. The van der Waals surface area contributed by atoms with Gasteiger partial charge in [0.1, 0.15) is 5.69 Å². The summed E-state index contributed by atoms with van der Waals surface area (Å²) in [6.45, 7) is 2.41. The van der Waals surface area contributed by atoms with Gasteiger partial charge in [0.05, 0.1) is 13.1 Å². The van der Waals surface area contributed by atoms with Gasteiger partial charge < -0.3 is 21.3 Å². The second-order valence-corrected chi connectivity index (χ2v) is 7.08. The van der Waals surface area contributed by atoms with Crippen LogP contribution in [0, 0.1) is 5.41 Å². The minimum Gasteiger partial charge on any atom is -0.352 e. The van der Waals surface area contributed by atoms with Gasteiger partial charge in [0.2, 0.25) is 5.91 Å². The normalized spacial score (nSPS) is 23.8. The molecule has 25 heavy (non-hydrogen) atoms. The predicted octanol–water partition coefficient (Wildman–Crippen LogP) is -1.30. The first-order valence-corrected chi connectivity index (χ1v) is 8.67. The molecule has 1 saturated carbocycles. The van der Waals surface area contributed by atoms with Crippen molar-refractivity contribution in [1.82, 2.24) is 25.3 Å². The van der Waals surface area contributed by atoms with Crippen LogP contribution in [0.3, 0.4) is 0 Å². The molecule has 1 aromatic heterocycles. The van der Waals surface area contributed by atoms with Crippen molar-refractivity contribution in [3.8, 4) is 0 Å². The fourth-order valence-corrected chi connectivity index (χ4v) is 3.92. The molecule has 2 fully saturated rings. The highest BCUT2D eigenvalue weighted by molar-refractivity contribution is 5.98. The van der Waals surface area contributed by atoms with Crippen LogP contribution >= 0.6 is 0 Å². The Bertz CT molecular complexity index is 734. The van der Waals surface area contributed by atoms with Crippen molar-refractivity contribution in [1.29, 1.82) is 0 Å². The van der Waals surface area contributed by atoms with Crippen LogP contribution in [-0.2, 0) is 11.3 Å². The molecule has 1 saturated heterocycles. The first-order chi connectivity index (χ1) is 12.0. The van der Waals surface area contributed by atoms with E-state index in [1.807, 2.05) is 0 Å². The highest BCUT2D eigenvalue weighted by atomic mass is 16.2. The lowest BCUT2D eigenvalue weighted by atomic mass is 9.92. The number of piperidine rings is 1. The Balaban J connectivity index is 1.38. The fourth-order valence-electron chi connectivity index (χ4n) is 3.92. The molecule has 1 atom stereocenters. The van der Waals surface area contributed by atoms with Crippen molar-refractivity contribution in [3.05, 3.63) is 17.5 Å². The maximum atomic E-state index is 12.7. The topological polar surface area (TPSA) is 122 Å². The van der Waals surface area contributed by atoms with Crippen LogP contribution < -0.4 is 16.4 Å². The van der Waals surface area contributed by atoms with Crippen molar-refractivity contribution < 1.29 is 14.4 Å². The third-order valence-electron chi connectivity index (χ3n) is 5.60. The number of nitrogens with one attached hydrogen (secondary N) is 2. The van der Waals surface area contributed by atoms with Crippen LogP contribution in [0.1, 0.15) is 40.2 Å². The van der Waals surface area contributed by atoms with E-state index in [0.717, 1.165) is 19.3 Å². The van der Waals surface area contributed by atoms with E-state index in [0.29, 0.717) is 37.6 Å². The standard InChI is InChI=1S/C16H22N6O3/c17-9-13(23)19-12-8-16(12)1-4-21(5-2-16)15(25)10-7-11-14(24)18-3-6-22(11)20-10/h7,12H,1-6,8-9,17H2,(H,18,24)(H,19,23). The number of rotatable bonds is 3. The molecular weight excluding hydrogens is 324 g/mol. The van der Waals surface area contributed by atoms with E-state index >= 15 is 0 Å². The molecule has 1 aliphatic carbocycles. The van der Waals surface area contributed by atoms with Gasteiger partial charge in [-0.15, -0.1) is 0 Å². The van der Waals surface area contributed by atoms with Crippen molar-refractivity contribution in [3.63, 3.8) is 0 Å². The Morgan fingerprint density at radius 3 is 2.80 bits per heavy atom. The molecule has 4 N–H and O–H groups in total. The van der Waals surface area contributed by atoms with Crippen LogP contribution in [0.5, 0.6) is 0 Å². The number of fused-ring (bicyclic) bond motifs is 1. The molecule has 2 aliphatic heterocycles. The summed E-state index contributed by atoms with van der Waals surface area (Å²) < 4.78 is 1.59. The van der Waals surface area contributed by atoms with Gasteiger partial charge in [0, 0.05) is 31.7 Å². The lowest BCUT2D eigenvalue weighted by Gasteiger charge is -2.32. The summed E-state index contributed by atoms with van der Waals surface area (Å²) in [5, 5.41) is 9.98. The molecule has 0 radical (unpaired) electrons. The Kier molecular flexibility index (Phi) is 3.75. The average Bonchev–Trinajstić information content (AvgIpc) is 3.07. The summed E-state index contributed by atoms with van der Waals surface area (Å²) in [6, 6.07) is 1.76. The van der Waals surface area contributed by atoms with Crippen LogP contribution in [0.2, 0.25) is 0 Å². The van der Waals surface area contributed by atoms with E-state index < -0.39 is 0 Å². The molecule has 9 nitrogen and oxygen atoms in total. The molecule has 4 rings (SSSR count). The van der Waals surface area contributed by atoms with E-state index in [9.17, 15) is 14.4 Å². The number of hydrogen-bond donors (Lipinski definition) is 3. The molecule has 1 spiro atoms. The van der Waals surface area contributed by atoms with E-state index in [-0.39, 0.29) is 35.7 Å². The second-order valence-electron chi connectivity index (χ2n) is 7.08. The summed E-state index contributed by atoms with van der Waals surface area (Å²) in [7, 11) is 0. The van der Waals surface area contributed by atoms with Gasteiger partial charge >= 0.3 is 0 Å². The van der Waals surface area contributed by atoms with E-state index in [1.54, 1.807) is 15.6 Å². The molecule has 3 amide bonds. The van der Waals surface area contributed by atoms with Gasteiger partial charge in [-0.3, -0.25) is 19.1 Å². The summed E-state index contributed by atoms with van der Waals surface area (Å²) in [5.41, 5.74) is 6.23. The fraction of sp³-hybridized carbons (Fsp3) is 0.625. The monoisotopic (exact) mass is 346 g/mol. The second kappa shape index (κ2) is 5.83.